The normalized spacial score (nSPS) is 15.2. The van der Waals surface area contributed by atoms with Gasteiger partial charge in [0, 0.05) is 16.4 Å². The minimum atomic E-state index is -0.537. The number of anilines is 1. The second kappa shape index (κ2) is 8.97. The Bertz CT molecular complexity index is 992. The maximum atomic E-state index is 13.3. The number of amides is 1. The summed E-state index contributed by atoms with van der Waals surface area (Å²) in [5, 5.41) is 0.494. The summed E-state index contributed by atoms with van der Waals surface area (Å²) < 4.78 is 10.7. The summed E-state index contributed by atoms with van der Waals surface area (Å²) in [6.45, 7) is 6.13. The molecule has 5 nitrogen and oxygen atoms in total. The Balaban J connectivity index is 2.08. The van der Waals surface area contributed by atoms with Crippen molar-refractivity contribution in [1.29, 1.82) is 0 Å². The monoisotopic (exact) mass is 411 g/mol. The van der Waals surface area contributed by atoms with Crippen LogP contribution in [0.15, 0.2) is 65.4 Å². The van der Waals surface area contributed by atoms with Crippen LogP contribution in [-0.4, -0.2) is 25.1 Å². The van der Waals surface area contributed by atoms with Gasteiger partial charge >= 0.3 is 5.97 Å². The Morgan fingerprint density at radius 3 is 2.38 bits per heavy atom. The van der Waals surface area contributed by atoms with E-state index in [1.807, 2.05) is 13.0 Å². The minimum Gasteiger partial charge on any atom is -0.494 e. The molecule has 29 heavy (non-hydrogen) atoms. The van der Waals surface area contributed by atoms with Crippen LogP contribution in [0.2, 0.25) is 5.02 Å². The first-order valence-corrected chi connectivity index (χ1v) is 9.77. The number of hydrogen-bond acceptors (Lipinski definition) is 4. The molecule has 1 heterocycles. The second-order valence-corrected chi connectivity index (χ2v) is 6.74. The molecule has 0 aromatic heterocycles. The van der Waals surface area contributed by atoms with Crippen molar-refractivity contribution in [1.82, 2.24) is 0 Å². The fraction of sp³-hybridized carbons (Fsp3) is 0.217. The molecule has 2 aromatic carbocycles. The third-order valence-electron chi connectivity index (χ3n) is 4.49. The van der Waals surface area contributed by atoms with Gasteiger partial charge in [-0.25, -0.2) is 4.79 Å². The van der Waals surface area contributed by atoms with Crippen LogP contribution in [0.5, 0.6) is 5.75 Å². The van der Waals surface area contributed by atoms with Gasteiger partial charge in [0.05, 0.1) is 24.4 Å². The molecule has 6 heteroatoms. The molecule has 0 saturated heterocycles. The lowest BCUT2D eigenvalue weighted by Gasteiger charge is -2.18. The molecule has 0 atom stereocenters. The topological polar surface area (TPSA) is 55.8 Å². The number of hydrogen-bond donors (Lipinski definition) is 0. The number of carbonyl (C=O) groups is 2. The lowest BCUT2D eigenvalue weighted by Crippen LogP contribution is -2.24. The Morgan fingerprint density at radius 1 is 1.07 bits per heavy atom. The van der Waals surface area contributed by atoms with Crippen molar-refractivity contribution >= 4 is 35.2 Å². The molecule has 1 aliphatic heterocycles. The van der Waals surface area contributed by atoms with E-state index in [0.29, 0.717) is 34.3 Å². The summed E-state index contributed by atoms with van der Waals surface area (Å²) in [6, 6.07) is 14.3. The van der Waals surface area contributed by atoms with Gasteiger partial charge in [0.15, 0.2) is 0 Å². The van der Waals surface area contributed by atoms with Crippen LogP contribution >= 0.6 is 11.6 Å². The van der Waals surface area contributed by atoms with Gasteiger partial charge in [-0.15, -0.1) is 0 Å². The van der Waals surface area contributed by atoms with E-state index in [1.165, 1.54) is 4.90 Å². The molecule has 0 spiro atoms. The van der Waals surface area contributed by atoms with Crippen LogP contribution < -0.4 is 9.64 Å². The standard InChI is InChI=1S/C23H22ClNO4/c1-4-28-18-12-10-17(11-13-18)25-15(3)21(23(27)29-5-2)19(22(25)26)14-16-8-6-7-9-20(16)24/h6-14H,4-5H2,1-3H3/b19-14+. The second-order valence-electron chi connectivity index (χ2n) is 6.33. The average molecular weight is 412 g/mol. The van der Waals surface area contributed by atoms with Crippen molar-refractivity contribution in [2.45, 2.75) is 20.8 Å². The molecule has 0 bridgehead atoms. The number of allylic oxidation sites excluding steroid dienone is 1. The summed E-state index contributed by atoms with van der Waals surface area (Å²) in [7, 11) is 0. The summed E-state index contributed by atoms with van der Waals surface area (Å²) >= 11 is 6.26. The van der Waals surface area contributed by atoms with E-state index in [4.69, 9.17) is 21.1 Å². The Kier molecular flexibility index (Phi) is 6.39. The van der Waals surface area contributed by atoms with Crippen LogP contribution in [-0.2, 0) is 14.3 Å². The summed E-state index contributed by atoms with van der Waals surface area (Å²) in [6.07, 6.45) is 1.63. The maximum absolute atomic E-state index is 13.3. The largest absolute Gasteiger partial charge is 0.494 e. The van der Waals surface area contributed by atoms with Gasteiger partial charge in [0.2, 0.25) is 0 Å². The molecule has 0 saturated carbocycles. The first-order valence-electron chi connectivity index (χ1n) is 9.39. The summed E-state index contributed by atoms with van der Waals surface area (Å²) in [4.78, 5) is 27.5. The molecule has 2 aromatic rings. The van der Waals surface area contributed by atoms with Crippen molar-refractivity contribution in [3.63, 3.8) is 0 Å². The van der Waals surface area contributed by atoms with Gasteiger partial charge in [-0.3, -0.25) is 9.69 Å². The highest BCUT2D eigenvalue weighted by Crippen LogP contribution is 2.36. The van der Waals surface area contributed by atoms with Crippen molar-refractivity contribution in [3.05, 3.63) is 76.0 Å². The molecule has 1 amide bonds. The van der Waals surface area contributed by atoms with E-state index in [1.54, 1.807) is 62.4 Å². The quantitative estimate of drug-likeness (QED) is 0.495. The fourth-order valence-electron chi connectivity index (χ4n) is 3.20. The van der Waals surface area contributed by atoms with E-state index in [9.17, 15) is 9.59 Å². The van der Waals surface area contributed by atoms with Crippen molar-refractivity contribution < 1.29 is 19.1 Å². The van der Waals surface area contributed by atoms with Crippen molar-refractivity contribution in [2.24, 2.45) is 0 Å². The van der Waals surface area contributed by atoms with E-state index < -0.39 is 5.97 Å². The number of halogens is 1. The molecule has 0 fully saturated rings. The highest BCUT2D eigenvalue weighted by molar-refractivity contribution is 6.32. The maximum Gasteiger partial charge on any atom is 0.340 e. The lowest BCUT2D eigenvalue weighted by atomic mass is 10.0. The van der Waals surface area contributed by atoms with E-state index in [0.717, 1.165) is 0 Å². The van der Waals surface area contributed by atoms with E-state index in [-0.39, 0.29) is 23.7 Å². The molecule has 0 radical (unpaired) electrons. The van der Waals surface area contributed by atoms with Gasteiger partial charge in [0.1, 0.15) is 5.75 Å². The Labute approximate surface area is 175 Å². The highest BCUT2D eigenvalue weighted by Gasteiger charge is 2.38. The van der Waals surface area contributed by atoms with Gasteiger partial charge in [0.25, 0.3) is 5.91 Å². The third kappa shape index (κ3) is 4.20. The van der Waals surface area contributed by atoms with Crippen molar-refractivity contribution in [3.8, 4) is 5.75 Å². The zero-order chi connectivity index (χ0) is 21.0. The number of nitrogens with zero attached hydrogens (tertiary/aromatic N) is 1. The van der Waals surface area contributed by atoms with Gasteiger partial charge in [-0.2, -0.15) is 0 Å². The highest BCUT2D eigenvalue weighted by atomic mass is 35.5. The number of carbonyl (C=O) groups excluding carboxylic acids is 2. The number of esters is 1. The smallest absolute Gasteiger partial charge is 0.340 e. The van der Waals surface area contributed by atoms with Crippen molar-refractivity contribution in [2.75, 3.05) is 18.1 Å². The van der Waals surface area contributed by atoms with Gasteiger partial charge in [-0.05, 0) is 62.7 Å². The van der Waals surface area contributed by atoms with Crippen LogP contribution in [0.3, 0.4) is 0 Å². The molecular weight excluding hydrogens is 390 g/mol. The molecule has 150 valence electrons. The molecule has 3 rings (SSSR count). The predicted octanol–water partition coefficient (Wildman–Crippen LogP) is 5.01. The van der Waals surface area contributed by atoms with Gasteiger partial charge < -0.3 is 9.47 Å². The first-order chi connectivity index (χ1) is 14.0. The first kappa shape index (κ1) is 20.7. The van der Waals surface area contributed by atoms with Gasteiger partial charge in [-0.1, -0.05) is 29.8 Å². The zero-order valence-corrected chi connectivity index (χ0v) is 17.3. The van der Waals surface area contributed by atoms with Crippen LogP contribution in [0.1, 0.15) is 26.3 Å². The molecule has 0 N–H and O–H groups in total. The molecule has 1 aliphatic rings. The fourth-order valence-corrected chi connectivity index (χ4v) is 3.39. The number of ether oxygens (including phenoxy) is 2. The average Bonchev–Trinajstić information content (AvgIpc) is 2.95. The predicted molar refractivity (Wildman–Crippen MR) is 114 cm³/mol. The van der Waals surface area contributed by atoms with Crippen LogP contribution in [0, 0.1) is 0 Å². The molecule has 0 unspecified atom stereocenters. The van der Waals surface area contributed by atoms with Crippen LogP contribution in [0.25, 0.3) is 6.08 Å². The number of benzene rings is 2. The summed E-state index contributed by atoms with van der Waals surface area (Å²) in [5.74, 6) is -0.137. The van der Waals surface area contributed by atoms with E-state index >= 15 is 0 Å². The zero-order valence-electron chi connectivity index (χ0n) is 16.6. The Hall–Kier alpha value is -3.05. The summed E-state index contributed by atoms with van der Waals surface area (Å²) in [5.41, 5.74) is 2.30. The Morgan fingerprint density at radius 2 is 1.76 bits per heavy atom. The molecule has 0 aliphatic carbocycles. The molecular formula is C23H22ClNO4. The van der Waals surface area contributed by atoms with E-state index in [2.05, 4.69) is 0 Å². The lowest BCUT2D eigenvalue weighted by molar-refractivity contribution is -0.138. The van der Waals surface area contributed by atoms with Crippen LogP contribution in [0.4, 0.5) is 5.69 Å². The minimum absolute atomic E-state index is 0.215. The number of rotatable bonds is 6. The third-order valence-corrected chi connectivity index (χ3v) is 4.83. The SMILES string of the molecule is CCOC(=O)C1=C(C)N(c2ccc(OCC)cc2)C(=O)/C1=C/c1ccccc1Cl.